The lowest BCUT2D eigenvalue weighted by molar-refractivity contribution is -0.120. The Morgan fingerprint density at radius 2 is 1.64 bits per heavy atom. The quantitative estimate of drug-likeness (QED) is 0.759. The number of amides is 1. The molecule has 1 atom stereocenters. The second-order valence-corrected chi connectivity index (χ2v) is 9.57. The second kappa shape index (κ2) is 8.78. The van der Waals surface area contributed by atoms with Gasteiger partial charge < -0.3 is 5.32 Å². The monoisotopic (exact) mass is 402 g/mol. The van der Waals surface area contributed by atoms with Crippen molar-refractivity contribution in [3.05, 3.63) is 64.7 Å². The van der Waals surface area contributed by atoms with Crippen molar-refractivity contribution >= 4 is 21.6 Å². The van der Waals surface area contributed by atoms with Crippen LogP contribution in [0.2, 0.25) is 0 Å². The largest absolute Gasteiger partial charge is 0.348 e. The fourth-order valence-corrected chi connectivity index (χ4v) is 4.00. The van der Waals surface area contributed by atoms with Crippen LogP contribution in [0.3, 0.4) is 0 Å². The van der Waals surface area contributed by atoms with Gasteiger partial charge in [0, 0.05) is 0 Å². The third kappa shape index (κ3) is 5.58. The molecule has 0 saturated heterocycles. The van der Waals surface area contributed by atoms with Gasteiger partial charge in [-0.1, -0.05) is 49.7 Å². The summed E-state index contributed by atoms with van der Waals surface area (Å²) in [5.74, 6) is 0.00854. The van der Waals surface area contributed by atoms with Crippen LogP contribution in [0.25, 0.3) is 0 Å². The molecule has 152 valence electrons. The molecule has 0 aromatic heterocycles. The lowest BCUT2D eigenvalue weighted by Gasteiger charge is -2.24. The summed E-state index contributed by atoms with van der Waals surface area (Å²) in [7, 11) is -3.59. The standard InChI is InChI=1S/C22H30N2O3S/c1-15(2)19-9-11-20(12-10-19)24(28(6,26)27)14-22(25)23-18(5)21-13-16(3)7-8-17(21)4/h7-13,15,18H,14H2,1-6H3,(H,23,25)/t18-/m0/s1. The van der Waals surface area contributed by atoms with E-state index in [1.165, 1.54) is 0 Å². The molecule has 6 heteroatoms. The van der Waals surface area contributed by atoms with Crippen molar-refractivity contribution in [1.82, 2.24) is 5.32 Å². The first-order chi connectivity index (χ1) is 13.0. The number of hydrogen-bond acceptors (Lipinski definition) is 3. The number of carbonyl (C=O) groups is 1. The Morgan fingerprint density at radius 3 is 2.18 bits per heavy atom. The first-order valence-corrected chi connectivity index (χ1v) is 11.3. The van der Waals surface area contributed by atoms with E-state index in [1.807, 2.05) is 51.1 Å². The molecule has 5 nitrogen and oxygen atoms in total. The molecule has 1 amide bonds. The van der Waals surface area contributed by atoms with E-state index in [9.17, 15) is 13.2 Å². The molecule has 0 unspecified atom stereocenters. The van der Waals surface area contributed by atoms with Gasteiger partial charge in [-0.25, -0.2) is 8.42 Å². The number of anilines is 1. The van der Waals surface area contributed by atoms with Crippen LogP contribution >= 0.6 is 0 Å². The highest BCUT2D eigenvalue weighted by Gasteiger charge is 2.22. The normalized spacial score (nSPS) is 12.7. The van der Waals surface area contributed by atoms with Crippen LogP contribution in [-0.4, -0.2) is 27.1 Å². The molecule has 0 spiro atoms. The number of sulfonamides is 1. The summed E-state index contributed by atoms with van der Waals surface area (Å²) in [6.07, 6.45) is 1.12. The molecule has 0 aliphatic rings. The highest BCUT2D eigenvalue weighted by atomic mass is 32.2. The van der Waals surface area contributed by atoms with Crippen LogP contribution in [0.4, 0.5) is 5.69 Å². The average Bonchev–Trinajstić information content (AvgIpc) is 2.60. The smallest absolute Gasteiger partial charge is 0.241 e. The van der Waals surface area contributed by atoms with Gasteiger partial charge in [0.15, 0.2) is 0 Å². The van der Waals surface area contributed by atoms with Crippen molar-refractivity contribution in [3.63, 3.8) is 0 Å². The third-order valence-corrected chi connectivity index (χ3v) is 5.95. The Labute approximate surface area is 168 Å². The molecule has 2 aromatic carbocycles. The summed E-state index contributed by atoms with van der Waals surface area (Å²) in [6, 6.07) is 13.2. The number of nitrogens with one attached hydrogen (secondary N) is 1. The van der Waals surface area contributed by atoms with E-state index >= 15 is 0 Å². The number of hydrogen-bond donors (Lipinski definition) is 1. The highest BCUT2D eigenvalue weighted by Crippen LogP contribution is 2.23. The minimum absolute atomic E-state index is 0.211. The second-order valence-electron chi connectivity index (χ2n) is 7.67. The van der Waals surface area contributed by atoms with Crippen LogP contribution in [0, 0.1) is 13.8 Å². The summed E-state index contributed by atoms with van der Waals surface area (Å²) in [5.41, 5.74) is 4.83. The predicted octanol–water partition coefficient (Wildman–Crippen LogP) is 4.07. The first kappa shape index (κ1) is 22.0. The Balaban J connectivity index is 2.18. The minimum Gasteiger partial charge on any atom is -0.348 e. The van der Waals surface area contributed by atoms with Crippen LogP contribution in [0.1, 0.15) is 55.0 Å². The molecular formula is C22H30N2O3S. The van der Waals surface area contributed by atoms with Gasteiger partial charge in [0.25, 0.3) is 0 Å². The van der Waals surface area contributed by atoms with E-state index in [2.05, 4.69) is 19.2 Å². The van der Waals surface area contributed by atoms with E-state index < -0.39 is 10.0 Å². The summed E-state index contributed by atoms with van der Waals surface area (Å²) < 4.78 is 25.7. The topological polar surface area (TPSA) is 66.5 Å². The molecule has 28 heavy (non-hydrogen) atoms. The van der Waals surface area contributed by atoms with Crippen molar-refractivity contribution in [2.75, 3.05) is 17.1 Å². The van der Waals surface area contributed by atoms with Crippen molar-refractivity contribution < 1.29 is 13.2 Å². The van der Waals surface area contributed by atoms with Crippen molar-refractivity contribution in [1.29, 1.82) is 0 Å². The summed E-state index contributed by atoms with van der Waals surface area (Å²) in [6.45, 7) is 9.80. The van der Waals surface area contributed by atoms with Gasteiger partial charge in [-0.3, -0.25) is 9.10 Å². The summed E-state index contributed by atoms with van der Waals surface area (Å²) in [5, 5.41) is 2.92. The van der Waals surface area contributed by atoms with Crippen LogP contribution in [-0.2, 0) is 14.8 Å². The molecule has 0 bridgehead atoms. The Kier molecular flexibility index (Phi) is 6.88. The molecule has 0 fully saturated rings. The zero-order valence-electron chi connectivity index (χ0n) is 17.5. The Bertz CT molecular complexity index is 935. The van der Waals surface area contributed by atoms with Crippen molar-refractivity contribution in [2.45, 2.75) is 46.6 Å². The van der Waals surface area contributed by atoms with Crippen LogP contribution < -0.4 is 9.62 Å². The van der Waals surface area contributed by atoms with Crippen molar-refractivity contribution in [3.8, 4) is 0 Å². The molecule has 0 aliphatic carbocycles. The molecule has 1 N–H and O–H groups in total. The van der Waals surface area contributed by atoms with E-state index in [0.717, 1.165) is 32.8 Å². The molecule has 0 aliphatic heterocycles. The maximum atomic E-state index is 12.6. The fraction of sp³-hybridized carbons (Fsp3) is 0.409. The van der Waals surface area contributed by atoms with E-state index in [0.29, 0.717) is 11.6 Å². The lowest BCUT2D eigenvalue weighted by atomic mass is 10.00. The zero-order valence-corrected chi connectivity index (χ0v) is 18.3. The average molecular weight is 403 g/mol. The van der Waals surface area contributed by atoms with Gasteiger partial charge in [-0.2, -0.15) is 0 Å². The third-order valence-electron chi connectivity index (χ3n) is 4.81. The van der Waals surface area contributed by atoms with E-state index in [-0.39, 0.29) is 18.5 Å². The number of nitrogens with zero attached hydrogens (tertiary/aromatic N) is 1. The van der Waals surface area contributed by atoms with Gasteiger partial charge in [0.05, 0.1) is 18.0 Å². The van der Waals surface area contributed by atoms with Crippen LogP contribution in [0.5, 0.6) is 0 Å². The number of benzene rings is 2. The molecular weight excluding hydrogens is 372 g/mol. The van der Waals surface area contributed by atoms with Gasteiger partial charge in [0.2, 0.25) is 15.9 Å². The predicted molar refractivity (Wildman–Crippen MR) is 115 cm³/mol. The van der Waals surface area contributed by atoms with Crippen LogP contribution in [0.15, 0.2) is 42.5 Å². The van der Waals surface area contributed by atoms with Gasteiger partial charge in [-0.05, 0) is 55.5 Å². The Morgan fingerprint density at radius 1 is 1.04 bits per heavy atom. The van der Waals surface area contributed by atoms with Gasteiger partial charge in [-0.15, -0.1) is 0 Å². The number of carbonyl (C=O) groups excluding carboxylic acids is 1. The highest BCUT2D eigenvalue weighted by molar-refractivity contribution is 7.92. The summed E-state index contributed by atoms with van der Waals surface area (Å²) >= 11 is 0. The van der Waals surface area contributed by atoms with Gasteiger partial charge in [0.1, 0.15) is 6.54 Å². The molecule has 0 radical (unpaired) electrons. The lowest BCUT2D eigenvalue weighted by Crippen LogP contribution is -2.41. The maximum Gasteiger partial charge on any atom is 0.241 e. The first-order valence-electron chi connectivity index (χ1n) is 9.43. The number of rotatable bonds is 7. The summed E-state index contributed by atoms with van der Waals surface area (Å²) in [4.78, 5) is 12.6. The fourth-order valence-electron chi connectivity index (χ4n) is 3.15. The SMILES string of the molecule is Cc1ccc(C)c([C@H](C)NC(=O)CN(c2ccc(C(C)C)cc2)S(C)(=O)=O)c1. The number of aryl methyl sites for hydroxylation is 2. The molecule has 2 rings (SSSR count). The Hall–Kier alpha value is -2.34. The zero-order chi connectivity index (χ0) is 21.1. The molecule has 2 aromatic rings. The minimum atomic E-state index is -3.59. The van der Waals surface area contributed by atoms with Crippen molar-refractivity contribution in [2.24, 2.45) is 0 Å². The van der Waals surface area contributed by atoms with E-state index in [1.54, 1.807) is 12.1 Å². The molecule has 0 saturated carbocycles. The maximum absolute atomic E-state index is 12.6. The van der Waals surface area contributed by atoms with Gasteiger partial charge >= 0.3 is 0 Å². The molecule has 0 heterocycles. The van der Waals surface area contributed by atoms with E-state index in [4.69, 9.17) is 0 Å².